The van der Waals surface area contributed by atoms with Crippen LogP contribution in [0, 0.1) is 12.7 Å². The summed E-state index contributed by atoms with van der Waals surface area (Å²) in [6.07, 6.45) is 0.668. The monoisotopic (exact) mass is 219 g/mol. The normalized spacial score (nSPS) is 10.4. The number of hydrogen-bond acceptors (Lipinski definition) is 3. The number of aldehydes is 1. The molecule has 0 aliphatic carbocycles. The molecule has 0 radical (unpaired) electrons. The summed E-state index contributed by atoms with van der Waals surface area (Å²) in [5, 5.41) is 0.499. The van der Waals surface area contributed by atoms with Gasteiger partial charge in [-0.25, -0.2) is 9.37 Å². The average Bonchev–Trinajstić information content (AvgIpc) is 2.32. The molecule has 0 aliphatic heterocycles. The van der Waals surface area contributed by atoms with Crippen molar-refractivity contribution < 1.29 is 13.9 Å². The Balaban J connectivity index is 2.89. The third-order valence-electron chi connectivity index (χ3n) is 2.46. The number of aromatic nitrogens is 1. The fraction of sp³-hybridized carbons (Fsp3) is 0.167. The van der Waals surface area contributed by atoms with Crippen molar-refractivity contribution in [2.75, 3.05) is 7.11 Å². The highest BCUT2D eigenvalue weighted by Crippen LogP contribution is 2.24. The molecule has 0 amide bonds. The summed E-state index contributed by atoms with van der Waals surface area (Å²) in [6, 6.07) is 4.80. The quantitative estimate of drug-likeness (QED) is 0.728. The Kier molecular flexibility index (Phi) is 2.56. The van der Waals surface area contributed by atoms with Crippen molar-refractivity contribution in [1.29, 1.82) is 0 Å². The summed E-state index contributed by atoms with van der Waals surface area (Å²) in [5.41, 5.74) is 1.03. The van der Waals surface area contributed by atoms with Gasteiger partial charge in [0.25, 0.3) is 0 Å². The SMILES string of the molecule is COc1cc(C=O)c2ccc(C)c(F)c2n1. The van der Waals surface area contributed by atoms with Gasteiger partial charge in [-0.05, 0) is 12.5 Å². The van der Waals surface area contributed by atoms with E-state index in [1.54, 1.807) is 19.1 Å². The number of rotatable bonds is 2. The lowest BCUT2D eigenvalue weighted by atomic mass is 10.1. The summed E-state index contributed by atoms with van der Waals surface area (Å²) in [6.45, 7) is 1.65. The van der Waals surface area contributed by atoms with E-state index in [-0.39, 0.29) is 11.4 Å². The lowest BCUT2D eigenvalue weighted by molar-refractivity contribution is 0.112. The fourth-order valence-corrected chi connectivity index (χ4v) is 1.56. The van der Waals surface area contributed by atoms with Crippen LogP contribution in [0.2, 0.25) is 0 Å². The average molecular weight is 219 g/mol. The Morgan fingerprint density at radius 3 is 2.81 bits per heavy atom. The second-order valence-electron chi connectivity index (χ2n) is 3.46. The Labute approximate surface area is 91.9 Å². The molecule has 0 spiro atoms. The van der Waals surface area contributed by atoms with E-state index in [9.17, 15) is 9.18 Å². The second kappa shape index (κ2) is 3.89. The molecule has 16 heavy (non-hydrogen) atoms. The van der Waals surface area contributed by atoms with Crippen LogP contribution in [-0.2, 0) is 0 Å². The zero-order valence-electron chi connectivity index (χ0n) is 8.95. The van der Waals surface area contributed by atoms with Gasteiger partial charge in [-0.3, -0.25) is 4.79 Å². The van der Waals surface area contributed by atoms with Crippen LogP contribution >= 0.6 is 0 Å². The van der Waals surface area contributed by atoms with Gasteiger partial charge in [0.15, 0.2) is 12.1 Å². The number of aryl methyl sites for hydroxylation is 1. The van der Waals surface area contributed by atoms with Crippen LogP contribution in [0.15, 0.2) is 18.2 Å². The minimum atomic E-state index is -0.417. The van der Waals surface area contributed by atoms with Gasteiger partial charge in [0, 0.05) is 17.0 Å². The predicted molar refractivity (Wildman–Crippen MR) is 58.4 cm³/mol. The molecule has 0 N–H and O–H groups in total. The number of fused-ring (bicyclic) bond motifs is 1. The van der Waals surface area contributed by atoms with Crippen molar-refractivity contribution in [3.63, 3.8) is 0 Å². The van der Waals surface area contributed by atoms with Crippen molar-refractivity contribution in [2.45, 2.75) is 6.92 Å². The highest BCUT2D eigenvalue weighted by atomic mass is 19.1. The molecule has 0 bridgehead atoms. The maximum absolute atomic E-state index is 13.8. The summed E-state index contributed by atoms with van der Waals surface area (Å²) in [5.74, 6) is -0.182. The third-order valence-corrected chi connectivity index (χ3v) is 2.46. The zero-order chi connectivity index (χ0) is 11.7. The zero-order valence-corrected chi connectivity index (χ0v) is 8.95. The summed E-state index contributed by atoms with van der Waals surface area (Å²) >= 11 is 0. The number of benzene rings is 1. The van der Waals surface area contributed by atoms with Crippen molar-refractivity contribution in [3.8, 4) is 5.88 Å². The van der Waals surface area contributed by atoms with Gasteiger partial charge in [0.2, 0.25) is 5.88 Å². The second-order valence-corrected chi connectivity index (χ2v) is 3.46. The molecule has 1 aromatic heterocycles. The number of halogens is 1. The van der Waals surface area contributed by atoms with E-state index >= 15 is 0 Å². The number of nitrogens with zero attached hydrogens (tertiary/aromatic N) is 1. The largest absolute Gasteiger partial charge is 0.481 e. The van der Waals surface area contributed by atoms with Gasteiger partial charge >= 0.3 is 0 Å². The molecule has 0 aliphatic rings. The maximum Gasteiger partial charge on any atom is 0.214 e. The molecule has 0 saturated heterocycles. The van der Waals surface area contributed by atoms with Crippen LogP contribution in [0.3, 0.4) is 0 Å². The molecular weight excluding hydrogens is 209 g/mol. The highest BCUT2D eigenvalue weighted by molar-refractivity contribution is 5.97. The first-order valence-corrected chi connectivity index (χ1v) is 4.76. The van der Waals surface area contributed by atoms with Crippen LogP contribution < -0.4 is 4.74 Å². The van der Waals surface area contributed by atoms with Gasteiger partial charge in [-0.2, -0.15) is 0 Å². The van der Waals surface area contributed by atoms with Gasteiger partial charge < -0.3 is 4.74 Å². The fourth-order valence-electron chi connectivity index (χ4n) is 1.56. The Bertz CT molecular complexity index is 566. The Morgan fingerprint density at radius 1 is 1.44 bits per heavy atom. The first-order chi connectivity index (χ1) is 7.67. The number of carbonyl (C=O) groups excluding carboxylic acids is 1. The van der Waals surface area contributed by atoms with Crippen molar-refractivity contribution in [1.82, 2.24) is 4.98 Å². The minimum absolute atomic E-state index is 0.168. The van der Waals surface area contributed by atoms with Crippen molar-refractivity contribution in [3.05, 3.63) is 35.1 Å². The molecule has 0 saturated carbocycles. The van der Waals surface area contributed by atoms with E-state index in [0.717, 1.165) is 0 Å². The maximum atomic E-state index is 13.8. The molecule has 4 heteroatoms. The van der Waals surface area contributed by atoms with E-state index < -0.39 is 5.82 Å². The third kappa shape index (κ3) is 1.52. The predicted octanol–water partition coefficient (Wildman–Crippen LogP) is 2.50. The van der Waals surface area contributed by atoms with Crippen molar-refractivity contribution in [2.24, 2.45) is 0 Å². The van der Waals surface area contributed by atoms with Crippen LogP contribution in [0.25, 0.3) is 10.9 Å². The molecule has 82 valence electrons. The lowest BCUT2D eigenvalue weighted by Gasteiger charge is -2.06. The van der Waals surface area contributed by atoms with E-state index in [2.05, 4.69) is 4.98 Å². The van der Waals surface area contributed by atoms with Gasteiger partial charge in [0.05, 0.1) is 7.11 Å². The number of pyridine rings is 1. The molecule has 1 heterocycles. The molecule has 0 fully saturated rings. The molecule has 2 aromatic rings. The Hall–Kier alpha value is -1.97. The summed E-state index contributed by atoms with van der Waals surface area (Å²) in [4.78, 5) is 14.9. The Morgan fingerprint density at radius 2 is 2.19 bits per heavy atom. The molecule has 2 rings (SSSR count). The molecular formula is C12H10FNO2. The van der Waals surface area contributed by atoms with Crippen molar-refractivity contribution >= 4 is 17.2 Å². The summed E-state index contributed by atoms with van der Waals surface area (Å²) in [7, 11) is 1.43. The van der Waals surface area contributed by atoms with E-state index in [1.807, 2.05) is 0 Å². The van der Waals surface area contributed by atoms with E-state index in [1.165, 1.54) is 13.2 Å². The van der Waals surface area contributed by atoms with Crippen LogP contribution in [0.4, 0.5) is 4.39 Å². The van der Waals surface area contributed by atoms with E-state index in [4.69, 9.17) is 4.74 Å². The minimum Gasteiger partial charge on any atom is -0.481 e. The molecule has 0 atom stereocenters. The molecule has 1 aromatic carbocycles. The molecule has 3 nitrogen and oxygen atoms in total. The van der Waals surface area contributed by atoms with E-state index in [0.29, 0.717) is 22.8 Å². The van der Waals surface area contributed by atoms with Crippen LogP contribution in [0.1, 0.15) is 15.9 Å². The van der Waals surface area contributed by atoms with Crippen LogP contribution in [-0.4, -0.2) is 18.4 Å². The first-order valence-electron chi connectivity index (χ1n) is 4.76. The number of ether oxygens (including phenoxy) is 1. The van der Waals surface area contributed by atoms with Gasteiger partial charge in [-0.15, -0.1) is 0 Å². The standard InChI is InChI=1S/C12H10FNO2/c1-7-3-4-9-8(6-15)5-10(16-2)14-12(9)11(7)13/h3-6H,1-2H3. The summed E-state index contributed by atoms with van der Waals surface area (Å²) < 4.78 is 18.7. The number of hydrogen-bond donors (Lipinski definition) is 0. The van der Waals surface area contributed by atoms with Crippen LogP contribution in [0.5, 0.6) is 5.88 Å². The van der Waals surface area contributed by atoms with Gasteiger partial charge in [-0.1, -0.05) is 12.1 Å². The molecule has 0 unspecified atom stereocenters. The van der Waals surface area contributed by atoms with Gasteiger partial charge in [0.1, 0.15) is 5.52 Å². The highest BCUT2D eigenvalue weighted by Gasteiger charge is 2.11. The first kappa shape index (κ1) is 10.5. The topological polar surface area (TPSA) is 39.2 Å². The smallest absolute Gasteiger partial charge is 0.214 e. The lowest BCUT2D eigenvalue weighted by Crippen LogP contribution is -1.96. The number of methoxy groups -OCH3 is 1. The number of carbonyl (C=O) groups is 1.